The highest BCUT2D eigenvalue weighted by atomic mass is 32.2. The Morgan fingerprint density at radius 2 is 1.93 bits per heavy atom. The molecule has 154 valence electrons. The lowest BCUT2D eigenvalue weighted by Gasteiger charge is -2.08. The second kappa shape index (κ2) is 7.38. The molecular formula is C20H19N5O4S. The molecule has 10 heteroatoms. The zero-order chi connectivity index (χ0) is 21.5. The molecule has 0 saturated heterocycles. The predicted molar refractivity (Wildman–Crippen MR) is 109 cm³/mol. The van der Waals surface area contributed by atoms with E-state index >= 15 is 0 Å². The molecular weight excluding hydrogens is 406 g/mol. The molecule has 0 saturated carbocycles. The van der Waals surface area contributed by atoms with E-state index in [2.05, 4.69) is 15.1 Å². The minimum atomic E-state index is -3.80. The minimum absolute atomic E-state index is 0.0323. The third-order valence-electron chi connectivity index (χ3n) is 4.84. The maximum atomic E-state index is 12.9. The van der Waals surface area contributed by atoms with Crippen LogP contribution in [0.1, 0.15) is 11.4 Å². The van der Waals surface area contributed by atoms with Gasteiger partial charge in [0, 0.05) is 30.9 Å². The van der Waals surface area contributed by atoms with Crippen LogP contribution in [-0.2, 0) is 23.4 Å². The predicted octanol–water partition coefficient (Wildman–Crippen LogP) is 1.72. The zero-order valence-electron chi connectivity index (χ0n) is 16.6. The normalized spacial score (nSPS) is 11.7. The van der Waals surface area contributed by atoms with Gasteiger partial charge in [-0.1, -0.05) is 6.07 Å². The van der Waals surface area contributed by atoms with E-state index in [0.29, 0.717) is 22.5 Å². The summed E-state index contributed by atoms with van der Waals surface area (Å²) in [5, 5.41) is 4.98. The summed E-state index contributed by atoms with van der Waals surface area (Å²) in [7, 11) is -0.542. The lowest BCUT2D eigenvalue weighted by atomic mass is 10.2. The van der Waals surface area contributed by atoms with Crippen LogP contribution in [0.5, 0.6) is 5.88 Å². The van der Waals surface area contributed by atoms with Gasteiger partial charge in [-0.15, -0.1) is 0 Å². The van der Waals surface area contributed by atoms with Crippen LogP contribution in [0, 0.1) is 6.92 Å². The van der Waals surface area contributed by atoms with Crippen molar-refractivity contribution in [1.82, 2.24) is 24.3 Å². The number of ether oxygens (including phenoxy) is 1. The van der Waals surface area contributed by atoms with Crippen LogP contribution in [0.4, 0.5) is 0 Å². The first-order valence-electron chi connectivity index (χ1n) is 9.03. The van der Waals surface area contributed by atoms with Crippen molar-refractivity contribution in [2.24, 2.45) is 7.05 Å². The fraction of sp³-hybridized carbons (Fsp3) is 0.200. The largest absolute Gasteiger partial charge is 0.481 e. The van der Waals surface area contributed by atoms with Gasteiger partial charge in [-0.3, -0.25) is 4.79 Å². The number of hydrogen-bond acceptors (Lipinski definition) is 7. The lowest BCUT2D eigenvalue weighted by Crippen LogP contribution is -2.23. The Morgan fingerprint density at radius 1 is 1.13 bits per heavy atom. The minimum Gasteiger partial charge on any atom is -0.481 e. The first-order chi connectivity index (χ1) is 14.3. The van der Waals surface area contributed by atoms with E-state index in [4.69, 9.17) is 4.74 Å². The van der Waals surface area contributed by atoms with Crippen molar-refractivity contribution in [3.63, 3.8) is 0 Å². The Labute approximate surface area is 172 Å². The average Bonchev–Trinajstić information content (AvgIpc) is 3.09. The first kappa shape index (κ1) is 19.8. The average molecular weight is 425 g/mol. The van der Waals surface area contributed by atoms with Gasteiger partial charge >= 0.3 is 0 Å². The number of imidazole rings is 1. The van der Waals surface area contributed by atoms with Gasteiger partial charge in [-0.2, -0.15) is 5.10 Å². The monoisotopic (exact) mass is 425 g/mol. The Hall–Kier alpha value is -3.53. The second-order valence-electron chi connectivity index (χ2n) is 6.81. The summed E-state index contributed by atoms with van der Waals surface area (Å²) in [5.74, 6) is 1.07. The van der Waals surface area contributed by atoms with E-state index in [1.165, 1.54) is 42.4 Å². The molecule has 0 aliphatic rings. The topological polar surface area (TPSA) is 109 Å². The van der Waals surface area contributed by atoms with E-state index in [-0.39, 0.29) is 22.0 Å². The maximum Gasteiger partial charge on any atom is 0.274 e. The molecule has 0 aliphatic carbocycles. The number of hydrogen-bond donors (Lipinski definition) is 0. The van der Waals surface area contributed by atoms with Gasteiger partial charge in [0.15, 0.2) is 5.03 Å². The smallest absolute Gasteiger partial charge is 0.274 e. The molecule has 0 radical (unpaired) electrons. The van der Waals surface area contributed by atoms with E-state index in [9.17, 15) is 13.2 Å². The highest BCUT2D eigenvalue weighted by Crippen LogP contribution is 2.23. The molecule has 0 unspecified atom stereocenters. The van der Waals surface area contributed by atoms with Crippen molar-refractivity contribution < 1.29 is 13.2 Å². The summed E-state index contributed by atoms with van der Waals surface area (Å²) >= 11 is 0. The second-order valence-corrected chi connectivity index (χ2v) is 8.70. The number of aromatic nitrogens is 5. The summed E-state index contributed by atoms with van der Waals surface area (Å²) < 4.78 is 33.8. The first-order valence-corrected chi connectivity index (χ1v) is 10.5. The Kier molecular flexibility index (Phi) is 4.86. The number of aryl methyl sites for hydroxylation is 2. The van der Waals surface area contributed by atoms with Crippen molar-refractivity contribution >= 4 is 20.6 Å². The van der Waals surface area contributed by atoms with Crippen molar-refractivity contribution in [1.29, 1.82) is 0 Å². The van der Waals surface area contributed by atoms with Crippen molar-refractivity contribution in [3.8, 4) is 5.88 Å². The van der Waals surface area contributed by atoms with Crippen LogP contribution in [0.25, 0.3) is 10.8 Å². The summed E-state index contributed by atoms with van der Waals surface area (Å²) in [6.45, 7) is 1.96. The summed E-state index contributed by atoms with van der Waals surface area (Å²) in [6.07, 6.45) is 4.56. The Morgan fingerprint density at radius 3 is 2.57 bits per heavy atom. The lowest BCUT2D eigenvalue weighted by molar-refractivity contribution is 0.397. The van der Waals surface area contributed by atoms with Gasteiger partial charge in [-0.25, -0.2) is 23.1 Å². The molecule has 4 aromatic rings. The maximum absolute atomic E-state index is 12.9. The molecule has 1 aromatic carbocycles. The van der Waals surface area contributed by atoms with Gasteiger partial charge in [-0.05, 0) is 30.7 Å². The highest BCUT2D eigenvalue weighted by Gasteiger charge is 2.22. The Balaban J connectivity index is 1.71. The molecule has 30 heavy (non-hydrogen) atoms. The van der Waals surface area contributed by atoms with Crippen LogP contribution >= 0.6 is 0 Å². The molecule has 9 nitrogen and oxygen atoms in total. The number of sulfone groups is 1. The molecule has 0 N–H and O–H groups in total. The van der Waals surface area contributed by atoms with Crippen LogP contribution in [0.3, 0.4) is 0 Å². The molecule has 4 rings (SSSR count). The molecule has 3 aromatic heterocycles. The fourth-order valence-electron chi connectivity index (χ4n) is 3.02. The van der Waals surface area contributed by atoms with Crippen molar-refractivity contribution in [3.05, 3.63) is 70.7 Å². The number of fused-ring (bicyclic) bond motifs is 1. The molecule has 0 amide bonds. The van der Waals surface area contributed by atoms with Crippen LogP contribution in [-0.4, -0.2) is 39.8 Å². The van der Waals surface area contributed by atoms with E-state index in [1.807, 2.05) is 0 Å². The number of nitrogens with zero attached hydrogens (tertiary/aromatic N) is 5. The molecule has 0 aliphatic heterocycles. The van der Waals surface area contributed by atoms with Crippen LogP contribution < -0.4 is 10.3 Å². The number of benzene rings is 1. The Bertz CT molecular complexity index is 1390. The number of methoxy groups -OCH3 is 1. The summed E-state index contributed by atoms with van der Waals surface area (Å²) in [4.78, 5) is 21.1. The third kappa shape index (κ3) is 3.45. The highest BCUT2D eigenvalue weighted by molar-refractivity contribution is 7.91. The van der Waals surface area contributed by atoms with Gasteiger partial charge in [0.2, 0.25) is 15.7 Å². The molecule has 0 bridgehead atoms. The van der Waals surface area contributed by atoms with E-state index < -0.39 is 9.84 Å². The quantitative estimate of drug-likeness (QED) is 0.479. The summed E-state index contributed by atoms with van der Waals surface area (Å²) in [6, 6.07) is 7.88. The van der Waals surface area contributed by atoms with Crippen molar-refractivity contribution in [2.45, 2.75) is 23.4 Å². The molecule has 0 fully saturated rings. The van der Waals surface area contributed by atoms with Gasteiger partial charge in [0.1, 0.15) is 5.82 Å². The fourth-order valence-corrected chi connectivity index (χ4v) is 4.34. The standard InChI is InChI=1S/C20H19N5O4S/c1-13-23-19(12-24(13)2)30(27,28)16-5-6-17-15(8-16)10-22-25(20(17)26)11-14-4-7-18(29-3)21-9-14/h4-10,12H,11H2,1-3H3. The van der Waals surface area contributed by atoms with Gasteiger partial charge in [0.25, 0.3) is 5.56 Å². The van der Waals surface area contributed by atoms with Crippen LogP contribution in [0.2, 0.25) is 0 Å². The summed E-state index contributed by atoms with van der Waals surface area (Å²) in [5.41, 5.74) is 0.468. The molecule has 0 spiro atoms. The van der Waals surface area contributed by atoms with E-state index in [1.54, 1.807) is 36.9 Å². The van der Waals surface area contributed by atoms with Crippen LogP contribution in [0.15, 0.2) is 63.6 Å². The third-order valence-corrected chi connectivity index (χ3v) is 6.46. The molecule has 0 atom stereocenters. The van der Waals surface area contributed by atoms with Crippen molar-refractivity contribution in [2.75, 3.05) is 7.11 Å². The van der Waals surface area contributed by atoms with E-state index in [0.717, 1.165) is 5.56 Å². The molecule has 3 heterocycles. The van der Waals surface area contributed by atoms with Gasteiger partial charge in [0.05, 0.1) is 30.1 Å². The van der Waals surface area contributed by atoms with Gasteiger partial charge < -0.3 is 9.30 Å². The number of pyridine rings is 1. The zero-order valence-corrected chi connectivity index (χ0v) is 17.4. The number of rotatable bonds is 5. The SMILES string of the molecule is COc1ccc(Cn2ncc3cc(S(=O)(=O)c4cn(C)c(C)n4)ccc3c2=O)cn1.